The van der Waals surface area contributed by atoms with Gasteiger partial charge in [0.15, 0.2) is 0 Å². The molecule has 0 aromatic heterocycles. The fourth-order valence-corrected chi connectivity index (χ4v) is 3.54. The monoisotopic (exact) mass is 327 g/mol. The van der Waals surface area contributed by atoms with E-state index in [0.29, 0.717) is 13.1 Å². The average molecular weight is 327 g/mol. The summed E-state index contributed by atoms with van der Waals surface area (Å²) >= 11 is 0. The van der Waals surface area contributed by atoms with Gasteiger partial charge in [-0.1, -0.05) is 12.1 Å². The van der Waals surface area contributed by atoms with Crippen LogP contribution >= 0.6 is 0 Å². The summed E-state index contributed by atoms with van der Waals surface area (Å²) in [5, 5.41) is 3.24. The minimum absolute atomic E-state index is 0.0414. The Kier molecular flexibility index (Phi) is 5.90. The topological polar surface area (TPSA) is 87.7 Å². The first-order valence-corrected chi connectivity index (χ1v) is 8.63. The van der Waals surface area contributed by atoms with Gasteiger partial charge in [-0.15, -0.1) is 0 Å². The van der Waals surface area contributed by atoms with Gasteiger partial charge >= 0.3 is 5.97 Å². The van der Waals surface area contributed by atoms with Gasteiger partial charge in [0.05, 0.1) is 17.6 Å². The number of piperazine rings is 1. The largest absolute Gasteiger partial charge is 0.465 e. The zero-order chi connectivity index (χ0) is 16.0. The number of esters is 1. The van der Waals surface area contributed by atoms with E-state index in [1.807, 2.05) is 0 Å². The summed E-state index contributed by atoms with van der Waals surface area (Å²) in [4.78, 5) is 13.8. The molecule has 2 rings (SSSR count). The zero-order valence-corrected chi connectivity index (χ0v) is 13.4. The van der Waals surface area contributed by atoms with E-state index in [9.17, 15) is 13.2 Å². The van der Waals surface area contributed by atoms with E-state index in [1.54, 1.807) is 12.1 Å². The molecule has 1 aromatic carbocycles. The molecule has 1 saturated heterocycles. The van der Waals surface area contributed by atoms with Gasteiger partial charge in [0.25, 0.3) is 0 Å². The second kappa shape index (κ2) is 7.68. The van der Waals surface area contributed by atoms with E-state index in [2.05, 4.69) is 19.7 Å². The normalized spacial score (nSPS) is 16.4. The Morgan fingerprint density at radius 2 is 2.00 bits per heavy atom. The Morgan fingerprint density at radius 1 is 1.32 bits per heavy atom. The van der Waals surface area contributed by atoms with Crippen LogP contribution in [0, 0.1) is 0 Å². The number of carbonyl (C=O) groups is 1. The van der Waals surface area contributed by atoms with Crippen LogP contribution in [0.4, 0.5) is 0 Å². The summed E-state index contributed by atoms with van der Waals surface area (Å²) in [6, 6.07) is 6.03. The second-order valence-electron chi connectivity index (χ2n) is 4.98. The van der Waals surface area contributed by atoms with E-state index < -0.39 is 16.0 Å². The number of nitrogens with one attached hydrogen (secondary N) is 2. The molecular weight excluding hydrogens is 306 g/mol. The van der Waals surface area contributed by atoms with Gasteiger partial charge in [-0.3, -0.25) is 4.90 Å². The van der Waals surface area contributed by atoms with Gasteiger partial charge in [0.1, 0.15) is 0 Å². The maximum absolute atomic E-state index is 12.4. The highest BCUT2D eigenvalue weighted by Crippen LogP contribution is 2.16. The summed E-state index contributed by atoms with van der Waals surface area (Å²) in [7, 11) is -2.51. The summed E-state index contributed by atoms with van der Waals surface area (Å²) in [6.07, 6.45) is 0. The van der Waals surface area contributed by atoms with Crippen molar-refractivity contribution >= 4 is 16.0 Å². The number of rotatable bonds is 6. The molecule has 0 aliphatic carbocycles. The lowest BCUT2D eigenvalue weighted by Gasteiger charge is -2.27. The number of hydrogen-bond acceptors (Lipinski definition) is 6. The van der Waals surface area contributed by atoms with E-state index in [-0.39, 0.29) is 10.5 Å². The van der Waals surface area contributed by atoms with Gasteiger partial charge in [0.2, 0.25) is 10.0 Å². The van der Waals surface area contributed by atoms with Gasteiger partial charge in [-0.05, 0) is 12.1 Å². The fourth-order valence-electron chi connectivity index (χ4n) is 2.33. The Morgan fingerprint density at radius 3 is 2.68 bits per heavy atom. The van der Waals surface area contributed by atoms with Crippen molar-refractivity contribution < 1.29 is 17.9 Å². The van der Waals surface area contributed by atoms with Gasteiger partial charge in [-0.25, -0.2) is 17.9 Å². The molecule has 0 amide bonds. The van der Waals surface area contributed by atoms with Crippen molar-refractivity contribution in [3.05, 3.63) is 29.8 Å². The Labute approximate surface area is 130 Å². The van der Waals surface area contributed by atoms with Crippen LogP contribution in [0.1, 0.15) is 10.4 Å². The molecule has 0 saturated carbocycles. The standard InChI is InChI=1S/C14H21N3O4S/c1-21-14(18)12-4-2-3-5-13(12)22(19,20)16-8-11-17-9-6-15-7-10-17/h2-5,15-16H,6-11H2,1H3. The van der Waals surface area contributed by atoms with Crippen LogP contribution in [0.25, 0.3) is 0 Å². The van der Waals surface area contributed by atoms with Crippen LogP contribution in [-0.2, 0) is 14.8 Å². The first-order valence-electron chi connectivity index (χ1n) is 7.14. The van der Waals surface area contributed by atoms with Crippen LogP contribution in [-0.4, -0.2) is 65.7 Å². The summed E-state index contributed by atoms with van der Waals surface area (Å²) in [5.74, 6) is -0.664. The lowest BCUT2D eigenvalue weighted by atomic mass is 10.2. The predicted molar refractivity (Wildman–Crippen MR) is 82.3 cm³/mol. The predicted octanol–water partition coefficient (Wildman–Crippen LogP) is -0.343. The summed E-state index contributed by atoms with van der Waals surface area (Å²) in [5.41, 5.74) is 0.0414. The molecule has 22 heavy (non-hydrogen) atoms. The van der Waals surface area contributed by atoms with E-state index in [4.69, 9.17) is 0 Å². The van der Waals surface area contributed by atoms with Crippen LogP contribution < -0.4 is 10.0 Å². The molecule has 1 fully saturated rings. The molecule has 0 unspecified atom stereocenters. The number of nitrogens with zero attached hydrogens (tertiary/aromatic N) is 1. The number of hydrogen-bond donors (Lipinski definition) is 2. The summed E-state index contributed by atoms with van der Waals surface area (Å²) < 4.78 is 31.9. The van der Waals surface area contributed by atoms with Crippen molar-refractivity contribution in [2.24, 2.45) is 0 Å². The molecule has 1 heterocycles. The van der Waals surface area contributed by atoms with Crippen molar-refractivity contribution in [3.63, 3.8) is 0 Å². The number of sulfonamides is 1. The van der Waals surface area contributed by atoms with Crippen LogP contribution in [0.15, 0.2) is 29.2 Å². The Hall–Kier alpha value is -1.48. The fraction of sp³-hybridized carbons (Fsp3) is 0.500. The molecule has 0 bridgehead atoms. The highest BCUT2D eigenvalue weighted by molar-refractivity contribution is 7.89. The molecule has 0 spiro atoms. The van der Waals surface area contributed by atoms with Crippen molar-refractivity contribution in [2.75, 3.05) is 46.4 Å². The molecule has 7 nitrogen and oxygen atoms in total. The number of ether oxygens (including phenoxy) is 1. The molecule has 1 aliphatic heterocycles. The smallest absolute Gasteiger partial charge is 0.339 e. The lowest BCUT2D eigenvalue weighted by molar-refractivity contribution is 0.0596. The quantitative estimate of drug-likeness (QED) is 0.695. The SMILES string of the molecule is COC(=O)c1ccccc1S(=O)(=O)NCCN1CCNCC1. The van der Waals surface area contributed by atoms with Crippen LogP contribution in [0.3, 0.4) is 0 Å². The minimum Gasteiger partial charge on any atom is -0.465 e. The van der Waals surface area contributed by atoms with Crippen LogP contribution in [0.2, 0.25) is 0 Å². The first kappa shape index (κ1) is 16.9. The third kappa shape index (κ3) is 4.26. The molecular formula is C14H21N3O4S. The molecule has 2 N–H and O–H groups in total. The molecule has 122 valence electrons. The molecule has 0 atom stereocenters. The first-order chi connectivity index (χ1) is 10.5. The van der Waals surface area contributed by atoms with E-state index >= 15 is 0 Å². The van der Waals surface area contributed by atoms with Gasteiger partial charge in [0, 0.05) is 39.3 Å². The lowest BCUT2D eigenvalue weighted by Crippen LogP contribution is -2.46. The molecule has 1 aromatic rings. The van der Waals surface area contributed by atoms with Crippen molar-refractivity contribution in [2.45, 2.75) is 4.90 Å². The number of methoxy groups -OCH3 is 1. The van der Waals surface area contributed by atoms with Crippen LogP contribution in [0.5, 0.6) is 0 Å². The maximum Gasteiger partial charge on any atom is 0.339 e. The maximum atomic E-state index is 12.4. The van der Waals surface area contributed by atoms with Gasteiger partial charge < -0.3 is 10.1 Å². The summed E-state index contributed by atoms with van der Waals surface area (Å²) in [6.45, 7) is 4.58. The molecule has 1 aliphatic rings. The van der Waals surface area contributed by atoms with Gasteiger partial charge in [-0.2, -0.15) is 0 Å². The van der Waals surface area contributed by atoms with E-state index in [0.717, 1.165) is 26.2 Å². The highest BCUT2D eigenvalue weighted by atomic mass is 32.2. The number of carbonyl (C=O) groups excluding carboxylic acids is 1. The third-order valence-corrected chi connectivity index (χ3v) is 5.03. The third-order valence-electron chi connectivity index (χ3n) is 3.51. The molecule has 0 radical (unpaired) electrons. The average Bonchev–Trinajstić information content (AvgIpc) is 2.55. The minimum atomic E-state index is -3.74. The van der Waals surface area contributed by atoms with Crippen molar-refractivity contribution in [1.82, 2.24) is 14.9 Å². The Bertz CT molecular complexity index is 612. The van der Waals surface area contributed by atoms with E-state index in [1.165, 1.54) is 19.2 Å². The van der Waals surface area contributed by atoms with Crippen molar-refractivity contribution in [3.8, 4) is 0 Å². The molecule has 8 heteroatoms. The second-order valence-corrected chi connectivity index (χ2v) is 6.71. The number of benzene rings is 1. The highest BCUT2D eigenvalue weighted by Gasteiger charge is 2.22. The Balaban J connectivity index is 2.02. The zero-order valence-electron chi connectivity index (χ0n) is 12.5. The van der Waals surface area contributed by atoms with Crippen molar-refractivity contribution in [1.29, 1.82) is 0 Å².